The number of carbonyl (C=O) groups excluding carboxylic acids is 1. The zero-order valence-electron chi connectivity index (χ0n) is 14.9. The minimum atomic E-state index is -4.72. The van der Waals surface area contributed by atoms with E-state index in [4.69, 9.17) is 4.74 Å². The van der Waals surface area contributed by atoms with Gasteiger partial charge in [0.25, 0.3) is 5.91 Å². The van der Waals surface area contributed by atoms with Crippen LogP contribution in [-0.2, 0) is 17.6 Å². The Bertz CT molecular complexity index is 861. The molecule has 148 valence electrons. The molecule has 0 radical (unpaired) electrons. The van der Waals surface area contributed by atoms with Crippen molar-refractivity contribution in [2.75, 3.05) is 19.8 Å². The predicted molar refractivity (Wildman–Crippen MR) is 91.8 cm³/mol. The molecule has 0 N–H and O–H groups in total. The lowest BCUT2D eigenvalue weighted by Gasteiger charge is -2.57. The molecule has 1 aromatic carbocycles. The first kappa shape index (κ1) is 18.7. The van der Waals surface area contributed by atoms with Crippen molar-refractivity contribution < 1.29 is 27.4 Å². The Balaban J connectivity index is 1.35. The number of amides is 1. The van der Waals surface area contributed by atoms with E-state index in [-0.39, 0.29) is 22.9 Å². The summed E-state index contributed by atoms with van der Waals surface area (Å²) in [7, 11) is 0. The molecule has 1 spiro atoms. The molecule has 0 bridgehead atoms. The Morgan fingerprint density at radius 2 is 2.04 bits per heavy atom. The maximum Gasteiger partial charge on any atom is 0.573 e. The molecular formula is C19H18F3N3O3. The highest BCUT2D eigenvalue weighted by Gasteiger charge is 2.53. The molecule has 2 saturated heterocycles. The monoisotopic (exact) mass is 393 g/mol. The molecule has 2 aliphatic heterocycles. The largest absolute Gasteiger partial charge is 0.573 e. The average Bonchev–Trinajstić information content (AvgIpc) is 2.57. The van der Waals surface area contributed by atoms with E-state index in [1.165, 1.54) is 30.6 Å². The van der Waals surface area contributed by atoms with E-state index in [9.17, 15) is 18.0 Å². The summed E-state index contributed by atoms with van der Waals surface area (Å²) in [5.41, 5.74) is 1.48. The summed E-state index contributed by atoms with van der Waals surface area (Å²) in [6, 6.07) is 5.84. The fourth-order valence-corrected chi connectivity index (χ4v) is 3.40. The summed E-state index contributed by atoms with van der Waals surface area (Å²) in [4.78, 5) is 22.8. The number of alkyl halides is 3. The molecule has 1 aromatic heterocycles. The lowest BCUT2D eigenvalue weighted by molar-refractivity contribution is -0.274. The third-order valence-corrected chi connectivity index (χ3v) is 5.09. The van der Waals surface area contributed by atoms with E-state index in [2.05, 4.69) is 14.7 Å². The summed E-state index contributed by atoms with van der Waals surface area (Å²) >= 11 is 0. The van der Waals surface area contributed by atoms with Gasteiger partial charge in [0, 0.05) is 12.7 Å². The van der Waals surface area contributed by atoms with Gasteiger partial charge in [-0.1, -0.05) is 12.1 Å². The molecule has 4 rings (SSSR count). The van der Waals surface area contributed by atoms with Gasteiger partial charge in [-0.05, 0) is 37.0 Å². The van der Waals surface area contributed by atoms with Gasteiger partial charge in [-0.2, -0.15) is 0 Å². The van der Waals surface area contributed by atoms with Crippen LogP contribution < -0.4 is 4.74 Å². The van der Waals surface area contributed by atoms with Crippen molar-refractivity contribution in [1.82, 2.24) is 14.9 Å². The van der Waals surface area contributed by atoms with Crippen molar-refractivity contribution in [3.05, 3.63) is 53.6 Å². The summed E-state index contributed by atoms with van der Waals surface area (Å²) in [5.74, 6) is -0.397. The van der Waals surface area contributed by atoms with Crippen LogP contribution in [0.3, 0.4) is 0 Å². The highest BCUT2D eigenvalue weighted by atomic mass is 19.4. The molecule has 2 aromatic rings. The molecule has 0 saturated carbocycles. The summed E-state index contributed by atoms with van der Waals surface area (Å²) in [6.07, 6.45) is 0.177. The van der Waals surface area contributed by atoms with Crippen LogP contribution in [0.4, 0.5) is 13.2 Å². The quantitative estimate of drug-likeness (QED) is 0.782. The van der Waals surface area contributed by atoms with E-state index in [1.807, 2.05) is 0 Å². The van der Waals surface area contributed by atoms with Crippen molar-refractivity contribution in [1.29, 1.82) is 0 Å². The molecule has 1 amide bonds. The van der Waals surface area contributed by atoms with Crippen LogP contribution >= 0.6 is 0 Å². The van der Waals surface area contributed by atoms with E-state index < -0.39 is 6.36 Å². The Morgan fingerprint density at radius 1 is 1.21 bits per heavy atom. The number of halogens is 3. The summed E-state index contributed by atoms with van der Waals surface area (Å²) in [6.45, 7) is 1.84. The van der Waals surface area contributed by atoms with Gasteiger partial charge in [0.15, 0.2) is 0 Å². The second kappa shape index (κ2) is 7.05. The minimum absolute atomic E-state index is 0.148. The van der Waals surface area contributed by atoms with Gasteiger partial charge in [-0.3, -0.25) is 9.78 Å². The predicted octanol–water partition coefficient (Wildman–Crippen LogP) is 2.78. The molecule has 0 unspecified atom stereocenters. The molecule has 3 heterocycles. The molecular weight excluding hydrogens is 375 g/mol. The fourth-order valence-electron chi connectivity index (χ4n) is 3.40. The number of hydrogen-bond acceptors (Lipinski definition) is 5. The standard InChI is InChI=1S/C19H18F3N3O3/c20-19(21,22)28-15-3-1-2-13(8-15)4-5-14-9-24-16(10-23-14)17(26)25-7-6-18(25)11-27-12-18/h1-3,8-10H,4-7,11-12H2. The Hall–Kier alpha value is -2.68. The number of likely N-dealkylation sites (tertiary alicyclic amines) is 1. The molecule has 6 nitrogen and oxygen atoms in total. The zero-order chi connectivity index (χ0) is 19.8. The molecule has 2 aliphatic rings. The average molecular weight is 393 g/mol. The number of carbonyl (C=O) groups is 1. The van der Waals surface area contributed by atoms with Crippen LogP contribution in [0.5, 0.6) is 5.75 Å². The molecule has 9 heteroatoms. The van der Waals surface area contributed by atoms with Gasteiger partial charge in [-0.15, -0.1) is 13.2 Å². The van der Waals surface area contributed by atoms with E-state index >= 15 is 0 Å². The van der Waals surface area contributed by atoms with Crippen molar-refractivity contribution in [3.63, 3.8) is 0 Å². The van der Waals surface area contributed by atoms with Crippen molar-refractivity contribution in [3.8, 4) is 5.75 Å². The maximum absolute atomic E-state index is 12.5. The first-order valence-electron chi connectivity index (χ1n) is 8.90. The van der Waals surface area contributed by atoms with Crippen LogP contribution in [0.2, 0.25) is 0 Å². The number of ether oxygens (including phenoxy) is 2. The van der Waals surface area contributed by atoms with Gasteiger partial charge >= 0.3 is 6.36 Å². The molecule has 28 heavy (non-hydrogen) atoms. The third-order valence-electron chi connectivity index (χ3n) is 5.09. The Labute approximate surface area is 159 Å². The highest BCUT2D eigenvalue weighted by molar-refractivity contribution is 5.93. The van der Waals surface area contributed by atoms with Gasteiger partial charge in [0.2, 0.25) is 0 Å². The third kappa shape index (κ3) is 3.80. The Morgan fingerprint density at radius 3 is 2.61 bits per heavy atom. The SMILES string of the molecule is O=C(c1cnc(CCc2cccc(OC(F)(F)F)c2)cn1)N1CCC12COC2. The zero-order valence-corrected chi connectivity index (χ0v) is 14.9. The highest BCUT2D eigenvalue weighted by Crippen LogP contribution is 2.38. The number of benzene rings is 1. The van der Waals surface area contributed by atoms with Gasteiger partial charge in [0.05, 0.1) is 30.6 Å². The molecule has 2 fully saturated rings. The second-order valence-electron chi connectivity index (χ2n) is 7.01. The minimum Gasteiger partial charge on any atom is -0.406 e. The number of aryl methyl sites for hydroxylation is 2. The molecule has 0 atom stereocenters. The van der Waals surface area contributed by atoms with E-state index in [0.29, 0.717) is 43.9 Å². The van der Waals surface area contributed by atoms with E-state index in [0.717, 1.165) is 6.42 Å². The lowest BCUT2D eigenvalue weighted by Crippen LogP contribution is -2.72. The summed E-state index contributed by atoms with van der Waals surface area (Å²) in [5, 5.41) is 0. The number of hydrogen-bond donors (Lipinski definition) is 0. The van der Waals surface area contributed by atoms with Crippen molar-refractivity contribution >= 4 is 5.91 Å². The van der Waals surface area contributed by atoms with Crippen molar-refractivity contribution in [2.45, 2.75) is 31.2 Å². The fraction of sp³-hybridized carbons (Fsp3) is 0.421. The topological polar surface area (TPSA) is 64.5 Å². The number of aromatic nitrogens is 2. The van der Waals surface area contributed by atoms with Crippen LogP contribution in [0.1, 0.15) is 28.2 Å². The van der Waals surface area contributed by atoms with Gasteiger partial charge in [-0.25, -0.2) is 4.98 Å². The molecule has 0 aliphatic carbocycles. The van der Waals surface area contributed by atoms with E-state index in [1.54, 1.807) is 11.0 Å². The van der Waals surface area contributed by atoms with Crippen LogP contribution in [0.15, 0.2) is 36.7 Å². The van der Waals surface area contributed by atoms with Crippen LogP contribution in [0.25, 0.3) is 0 Å². The first-order valence-corrected chi connectivity index (χ1v) is 8.90. The number of rotatable bonds is 5. The second-order valence-corrected chi connectivity index (χ2v) is 7.01. The first-order chi connectivity index (χ1) is 13.3. The maximum atomic E-state index is 12.5. The van der Waals surface area contributed by atoms with Crippen LogP contribution in [-0.4, -0.2) is 52.4 Å². The van der Waals surface area contributed by atoms with Gasteiger partial charge < -0.3 is 14.4 Å². The normalized spacial score (nSPS) is 17.8. The van der Waals surface area contributed by atoms with Crippen molar-refractivity contribution in [2.24, 2.45) is 0 Å². The van der Waals surface area contributed by atoms with Crippen LogP contribution in [0, 0.1) is 0 Å². The smallest absolute Gasteiger partial charge is 0.406 e. The lowest BCUT2D eigenvalue weighted by atomic mass is 9.82. The number of nitrogens with zero attached hydrogens (tertiary/aromatic N) is 3. The van der Waals surface area contributed by atoms with Gasteiger partial charge in [0.1, 0.15) is 11.4 Å². The Kier molecular flexibility index (Phi) is 4.70. The summed E-state index contributed by atoms with van der Waals surface area (Å²) < 4.78 is 46.1.